The van der Waals surface area contributed by atoms with Crippen molar-refractivity contribution in [1.29, 1.82) is 0 Å². The van der Waals surface area contributed by atoms with Gasteiger partial charge >= 0.3 is 5.97 Å². The highest BCUT2D eigenvalue weighted by Gasteiger charge is 2.41. The van der Waals surface area contributed by atoms with Crippen LogP contribution in [0.15, 0.2) is 18.5 Å². The molecule has 1 N–H and O–H groups in total. The summed E-state index contributed by atoms with van der Waals surface area (Å²) in [7, 11) is 0. The number of aromatic nitrogens is 1. The minimum atomic E-state index is -0.984. The van der Waals surface area contributed by atoms with Gasteiger partial charge in [-0.05, 0) is 12.5 Å². The Balaban J connectivity index is 2.34. The number of carboxylic acids is 1. The third-order valence-electron chi connectivity index (χ3n) is 2.96. The van der Waals surface area contributed by atoms with Crippen molar-refractivity contribution in [3.8, 4) is 0 Å². The molecule has 1 fully saturated rings. The van der Waals surface area contributed by atoms with Gasteiger partial charge in [-0.3, -0.25) is 9.78 Å². The fourth-order valence-corrected chi connectivity index (χ4v) is 3.58. The molecule has 7 heteroatoms. The van der Waals surface area contributed by atoms with Crippen LogP contribution >= 0.6 is 23.4 Å². The zero-order valence-electron chi connectivity index (χ0n) is 10.2. The zero-order valence-corrected chi connectivity index (χ0v) is 11.8. The molecule has 2 heterocycles. The lowest BCUT2D eigenvalue weighted by atomic mass is 10.2. The van der Waals surface area contributed by atoms with Gasteiger partial charge in [-0.15, -0.1) is 11.8 Å². The summed E-state index contributed by atoms with van der Waals surface area (Å²) >= 11 is 7.43. The van der Waals surface area contributed by atoms with E-state index < -0.39 is 12.0 Å². The Morgan fingerprint density at radius 1 is 1.63 bits per heavy atom. The molecule has 0 bridgehead atoms. The standard InChI is InChI=1S/C12H13ClN2O3S/c1-2-10-15(9(6-19-10)12(17)18)11(16)7-3-4-14-5-8(7)13/h3-5,9-10H,2,6H2,1H3,(H,17,18). The molecule has 2 atom stereocenters. The van der Waals surface area contributed by atoms with Crippen LogP contribution in [0.25, 0.3) is 0 Å². The SMILES string of the molecule is CCC1SCC(C(=O)O)N1C(=O)c1ccncc1Cl. The van der Waals surface area contributed by atoms with Gasteiger partial charge in [-0.25, -0.2) is 4.79 Å². The molecule has 1 aromatic heterocycles. The molecule has 1 aliphatic heterocycles. The first-order valence-electron chi connectivity index (χ1n) is 5.82. The number of thioether (sulfide) groups is 1. The van der Waals surface area contributed by atoms with Crippen LogP contribution in [0, 0.1) is 0 Å². The second-order valence-electron chi connectivity index (χ2n) is 4.12. The van der Waals surface area contributed by atoms with Crippen molar-refractivity contribution in [2.45, 2.75) is 24.8 Å². The Morgan fingerprint density at radius 2 is 2.37 bits per heavy atom. The van der Waals surface area contributed by atoms with Crippen LogP contribution in [-0.2, 0) is 4.79 Å². The number of nitrogens with zero attached hydrogens (tertiary/aromatic N) is 2. The number of halogens is 1. The summed E-state index contributed by atoms with van der Waals surface area (Å²) in [4.78, 5) is 29.0. The molecule has 0 aliphatic carbocycles. The van der Waals surface area contributed by atoms with Crippen LogP contribution in [0.5, 0.6) is 0 Å². The predicted octanol–water partition coefficient (Wildman–Crippen LogP) is 2.11. The largest absolute Gasteiger partial charge is 0.480 e. The number of carbonyl (C=O) groups excluding carboxylic acids is 1. The molecular formula is C12H13ClN2O3S. The Hall–Kier alpha value is -1.27. The number of aliphatic carboxylic acids is 1. The van der Waals surface area contributed by atoms with Crippen molar-refractivity contribution in [3.63, 3.8) is 0 Å². The lowest BCUT2D eigenvalue weighted by molar-refractivity contribution is -0.141. The number of amides is 1. The van der Waals surface area contributed by atoms with Crippen molar-refractivity contribution in [3.05, 3.63) is 29.0 Å². The topological polar surface area (TPSA) is 70.5 Å². The van der Waals surface area contributed by atoms with Crippen molar-refractivity contribution in [2.24, 2.45) is 0 Å². The van der Waals surface area contributed by atoms with Gasteiger partial charge in [0.25, 0.3) is 5.91 Å². The summed E-state index contributed by atoms with van der Waals surface area (Å²) in [6.45, 7) is 1.93. The molecule has 102 valence electrons. The lowest BCUT2D eigenvalue weighted by Gasteiger charge is -2.26. The third-order valence-corrected chi connectivity index (χ3v) is 4.72. The third kappa shape index (κ3) is 2.69. The molecule has 2 rings (SSSR count). The minimum Gasteiger partial charge on any atom is -0.480 e. The highest BCUT2D eigenvalue weighted by Crippen LogP contribution is 2.33. The normalized spacial score (nSPS) is 22.5. The highest BCUT2D eigenvalue weighted by atomic mass is 35.5. The fraction of sp³-hybridized carbons (Fsp3) is 0.417. The quantitative estimate of drug-likeness (QED) is 0.926. The van der Waals surface area contributed by atoms with E-state index >= 15 is 0 Å². The van der Waals surface area contributed by atoms with Gasteiger partial charge in [-0.2, -0.15) is 0 Å². The summed E-state index contributed by atoms with van der Waals surface area (Å²) in [5.74, 6) is -0.930. The molecule has 1 amide bonds. The van der Waals surface area contributed by atoms with E-state index in [1.54, 1.807) is 0 Å². The van der Waals surface area contributed by atoms with Crippen molar-refractivity contribution in [1.82, 2.24) is 9.88 Å². The summed E-state index contributed by atoms with van der Waals surface area (Å²) in [5.41, 5.74) is 0.295. The summed E-state index contributed by atoms with van der Waals surface area (Å²) in [6.07, 6.45) is 3.55. The smallest absolute Gasteiger partial charge is 0.327 e. The maximum absolute atomic E-state index is 12.5. The van der Waals surface area contributed by atoms with E-state index in [2.05, 4.69) is 4.98 Å². The van der Waals surface area contributed by atoms with E-state index in [1.807, 2.05) is 6.92 Å². The zero-order chi connectivity index (χ0) is 14.0. The van der Waals surface area contributed by atoms with Gasteiger partial charge in [0.2, 0.25) is 0 Å². The molecule has 5 nitrogen and oxygen atoms in total. The lowest BCUT2D eigenvalue weighted by Crippen LogP contribution is -2.45. The number of hydrogen-bond donors (Lipinski definition) is 1. The molecule has 1 saturated heterocycles. The van der Waals surface area contributed by atoms with Gasteiger partial charge < -0.3 is 10.0 Å². The second-order valence-corrected chi connectivity index (χ2v) is 5.74. The minimum absolute atomic E-state index is 0.127. The first-order valence-corrected chi connectivity index (χ1v) is 7.25. The molecule has 0 saturated carbocycles. The molecule has 0 aromatic carbocycles. The van der Waals surface area contributed by atoms with Crippen molar-refractivity contribution < 1.29 is 14.7 Å². The molecular weight excluding hydrogens is 288 g/mol. The number of carbonyl (C=O) groups is 2. The number of rotatable bonds is 3. The first kappa shape index (κ1) is 14.1. The first-order chi connectivity index (χ1) is 9.06. The fourth-order valence-electron chi connectivity index (χ4n) is 2.03. The number of hydrogen-bond acceptors (Lipinski definition) is 4. The monoisotopic (exact) mass is 300 g/mol. The van der Waals surface area contributed by atoms with Crippen LogP contribution in [0.3, 0.4) is 0 Å². The van der Waals surface area contributed by atoms with Gasteiger partial charge in [0.15, 0.2) is 0 Å². The molecule has 19 heavy (non-hydrogen) atoms. The van der Waals surface area contributed by atoms with E-state index in [1.165, 1.54) is 35.1 Å². The summed E-state index contributed by atoms with van der Waals surface area (Å²) in [6, 6.07) is 0.714. The van der Waals surface area contributed by atoms with E-state index in [-0.39, 0.29) is 16.3 Å². The Kier molecular flexibility index (Phi) is 4.31. The molecule has 0 spiro atoms. The van der Waals surface area contributed by atoms with Crippen molar-refractivity contribution >= 4 is 35.2 Å². The molecule has 2 unspecified atom stereocenters. The van der Waals surface area contributed by atoms with Crippen molar-refractivity contribution in [2.75, 3.05) is 5.75 Å². The van der Waals surface area contributed by atoms with Gasteiger partial charge in [0, 0.05) is 18.1 Å². The average Bonchev–Trinajstić information content (AvgIpc) is 2.82. The summed E-state index contributed by atoms with van der Waals surface area (Å²) in [5, 5.41) is 9.32. The molecule has 1 aromatic rings. The highest BCUT2D eigenvalue weighted by molar-refractivity contribution is 8.00. The van der Waals surface area contributed by atoms with Crippen LogP contribution in [0.1, 0.15) is 23.7 Å². The van der Waals surface area contributed by atoms with E-state index in [0.717, 1.165) is 0 Å². The maximum Gasteiger partial charge on any atom is 0.327 e. The van der Waals surface area contributed by atoms with Gasteiger partial charge in [0.1, 0.15) is 6.04 Å². The van der Waals surface area contributed by atoms with E-state index in [4.69, 9.17) is 11.6 Å². The predicted molar refractivity (Wildman–Crippen MR) is 73.4 cm³/mol. The van der Waals surface area contributed by atoms with E-state index in [0.29, 0.717) is 17.7 Å². The number of carboxylic acid groups (broad SMARTS) is 1. The van der Waals surface area contributed by atoms with Crippen LogP contribution < -0.4 is 0 Å². The molecule has 1 aliphatic rings. The average molecular weight is 301 g/mol. The molecule has 0 radical (unpaired) electrons. The second kappa shape index (κ2) is 5.79. The Labute approximate surface area is 120 Å². The van der Waals surface area contributed by atoms with Crippen LogP contribution in [0.4, 0.5) is 0 Å². The van der Waals surface area contributed by atoms with E-state index in [9.17, 15) is 14.7 Å². The maximum atomic E-state index is 12.5. The van der Waals surface area contributed by atoms with Crippen LogP contribution in [-0.4, -0.2) is 44.0 Å². The van der Waals surface area contributed by atoms with Crippen LogP contribution in [0.2, 0.25) is 5.02 Å². The number of pyridine rings is 1. The Morgan fingerprint density at radius 3 is 2.95 bits per heavy atom. The van der Waals surface area contributed by atoms with Gasteiger partial charge in [0.05, 0.1) is 16.0 Å². The summed E-state index contributed by atoms with van der Waals surface area (Å²) < 4.78 is 0. The van der Waals surface area contributed by atoms with Gasteiger partial charge in [-0.1, -0.05) is 18.5 Å². The Bertz CT molecular complexity index is 512.